The van der Waals surface area contributed by atoms with Crippen molar-refractivity contribution >= 4 is 5.76 Å². The smallest absolute Gasteiger partial charge is 0.146 e. The monoisotopic (exact) mass is 340 g/mol. The van der Waals surface area contributed by atoms with Gasteiger partial charge in [-0.3, -0.25) is 0 Å². The van der Waals surface area contributed by atoms with E-state index in [2.05, 4.69) is 13.5 Å². The van der Waals surface area contributed by atoms with E-state index in [0.717, 1.165) is 31.2 Å². The SMILES string of the molecule is C=C(OCCOCOC)c1c(F)cc(C2CCC(C)CC2)cc1F. The molecule has 0 spiro atoms. The first-order valence-electron chi connectivity index (χ1n) is 8.40. The summed E-state index contributed by atoms with van der Waals surface area (Å²) in [5.41, 5.74) is 0.534. The van der Waals surface area contributed by atoms with Gasteiger partial charge in [-0.1, -0.05) is 26.3 Å². The van der Waals surface area contributed by atoms with Crippen molar-refractivity contribution in [3.05, 3.63) is 41.5 Å². The van der Waals surface area contributed by atoms with Gasteiger partial charge in [0.05, 0.1) is 12.2 Å². The van der Waals surface area contributed by atoms with Crippen molar-refractivity contribution in [1.82, 2.24) is 0 Å². The van der Waals surface area contributed by atoms with Crippen molar-refractivity contribution in [2.75, 3.05) is 27.1 Å². The highest BCUT2D eigenvalue weighted by molar-refractivity contribution is 5.59. The van der Waals surface area contributed by atoms with Crippen LogP contribution in [0.1, 0.15) is 49.7 Å². The first-order valence-corrected chi connectivity index (χ1v) is 8.40. The number of ether oxygens (including phenoxy) is 3. The van der Waals surface area contributed by atoms with Crippen molar-refractivity contribution in [3.63, 3.8) is 0 Å². The Morgan fingerprint density at radius 2 is 1.75 bits per heavy atom. The third-order valence-electron chi connectivity index (χ3n) is 4.54. The molecular formula is C19H26F2O3. The van der Waals surface area contributed by atoms with Crippen molar-refractivity contribution in [2.24, 2.45) is 5.92 Å². The van der Waals surface area contributed by atoms with Crippen LogP contribution in [-0.4, -0.2) is 27.1 Å². The highest BCUT2D eigenvalue weighted by Gasteiger charge is 2.23. The number of methoxy groups -OCH3 is 1. The highest BCUT2D eigenvalue weighted by atomic mass is 19.1. The molecule has 1 aliphatic carbocycles. The van der Waals surface area contributed by atoms with Crippen LogP contribution in [0, 0.1) is 17.6 Å². The zero-order chi connectivity index (χ0) is 17.5. The van der Waals surface area contributed by atoms with E-state index >= 15 is 0 Å². The number of halogens is 2. The fraction of sp³-hybridized carbons (Fsp3) is 0.579. The van der Waals surface area contributed by atoms with Crippen molar-refractivity contribution < 1.29 is 23.0 Å². The summed E-state index contributed by atoms with van der Waals surface area (Å²) in [5.74, 6) is -0.327. The lowest BCUT2D eigenvalue weighted by molar-refractivity contribution is -0.0410. The van der Waals surface area contributed by atoms with Crippen molar-refractivity contribution in [1.29, 1.82) is 0 Å². The van der Waals surface area contributed by atoms with E-state index in [1.54, 1.807) is 0 Å². The van der Waals surface area contributed by atoms with Gasteiger partial charge in [-0.25, -0.2) is 8.78 Å². The first kappa shape index (κ1) is 18.9. The normalized spacial score (nSPS) is 20.8. The minimum atomic E-state index is -0.619. The fourth-order valence-electron chi connectivity index (χ4n) is 3.13. The molecule has 0 N–H and O–H groups in total. The molecule has 0 aliphatic heterocycles. The molecule has 0 aromatic heterocycles. The average Bonchev–Trinajstić information content (AvgIpc) is 2.54. The second-order valence-electron chi connectivity index (χ2n) is 6.40. The van der Waals surface area contributed by atoms with E-state index in [9.17, 15) is 8.78 Å². The second-order valence-corrected chi connectivity index (χ2v) is 6.40. The Hall–Kier alpha value is -1.46. The Labute approximate surface area is 142 Å². The van der Waals surface area contributed by atoms with Gasteiger partial charge in [0.25, 0.3) is 0 Å². The molecule has 0 amide bonds. The van der Waals surface area contributed by atoms with Gasteiger partial charge in [0, 0.05) is 7.11 Å². The molecule has 0 heterocycles. The number of rotatable bonds is 8. The van der Waals surface area contributed by atoms with E-state index in [0.29, 0.717) is 5.92 Å². The predicted octanol–water partition coefficient (Wildman–Crippen LogP) is 4.87. The van der Waals surface area contributed by atoms with Crippen LogP contribution in [0.15, 0.2) is 18.7 Å². The van der Waals surface area contributed by atoms with Crippen molar-refractivity contribution in [3.8, 4) is 0 Å². The predicted molar refractivity (Wildman–Crippen MR) is 89.5 cm³/mol. The maximum Gasteiger partial charge on any atom is 0.146 e. The molecule has 0 radical (unpaired) electrons. The molecule has 134 valence electrons. The van der Waals surface area contributed by atoms with Crippen LogP contribution in [0.3, 0.4) is 0 Å². The van der Waals surface area contributed by atoms with Crippen LogP contribution >= 0.6 is 0 Å². The molecule has 1 aliphatic rings. The molecule has 5 heteroatoms. The lowest BCUT2D eigenvalue weighted by atomic mass is 9.79. The Bertz CT molecular complexity index is 529. The molecule has 0 atom stereocenters. The number of hydrogen-bond acceptors (Lipinski definition) is 3. The zero-order valence-corrected chi connectivity index (χ0v) is 14.4. The molecular weight excluding hydrogens is 314 g/mol. The van der Waals surface area contributed by atoms with Gasteiger partial charge in [-0.15, -0.1) is 0 Å². The molecule has 1 aromatic carbocycles. The van der Waals surface area contributed by atoms with E-state index in [4.69, 9.17) is 14.2 Å². The second kappa shape index (κ2) is 9.14. The minimum absolute atomic E-state index is 0.0187. The molecule has 0 bridgehead atoms. The Morgan fingerprint density at radius 3 is 2.33 bits per heavy atom. The number of benzene rings is 1. The quantitative estimate of drug-likeness (QED) is 0.384. The summed E-state index contributed by atoms with van der Waals surface area (Å²) < 4.78 is 43.9. The van der Waals surface area contributed by atoms with Gasteiger partial charge in [-0.05, 0) is 42.4 Å². The van der Waals surface area contributed by atoms with Crippen LogP contribution in [0.4, 0.5) is 8.78 Å². The molecule has 1 saturated carbocycles. The molecule has 24 heavy (non-hydrogen) atoms. The molecule has 1 fully saturated rings. The third kappa shape index (κ3) is 5.02. The van der Waals surface area contributed by atoms with E-state index < -0.39 is 11.6 Å². The third-order valence-corrected chi connectivity index (χ3v) is 4.54. The van der Waals surface area contributed by atoms with Gasteiger partial charge in [0.15, 0.2) is 0 Å². The van der Waals surface area contributed by atoms with Gasteiger partial charge in [0.1, 0.15) is 30.8 Å². The molecule has 1 aromatic rings. The molecule has 0 saturated heterocycles. The van der Waals surface area contributed by atoms with Crippen LogP contribution in [0.5, 0.6) is 0 Å². The fourth-order valence-corrected chi connectivity index (χ4v) is 3.13. The van der Waals surface area contributed by atoms with Gasteiger partial charge in [0.2, 0.25) is 0 Å². The van der Waals surface area contributed by atoms with Gasteiger partial charge in [-0.2, -0.15) is 0 Å². The largest absolute Gasteiger partial charge is 0.491 e. The van der Waals surface area contributed by atoms with Crippen molar-refractivity contribution in [2.45, 2.75) is 38.5 Å². The lowest BCUT2D eigenvalue weighted by Gasteiger charge is -2.26. The zero-order valence-electron chi connectivity index (χ0n) is 14.4. The van der Waals surface area contributed by atoms with Crippen LogP contribution < -0.4 is 0 Å². The Morgan fingerprint density at radius 1 is 1.12 bits per heavy atom. The highest BCUT2D eigenvalue weighted by Crippen LogP contribution is 2.37. The molecule has 0 unspecified atom stereocenters. The average molecular weight is 340 g/mol. The van der Waals surface area contributed by atoms with E-state index in [1.165, 1.54) is 19.2 Å². The summed E-state index contributed by atoms with van der Waals surface area (Å²) in [7, 11) is 1.51. The summed E-state index contributed by atoms with van der Waals surface area (Å²) in [6, 6.07) is 2.85. The van der Waals surface area contributed by atoms with Crippen LogP contribution in [-0.2, 0) is 14.2 Å². The van der Waals surface area contributed by atoms with Crippen LogP contribution in [0.25, 0.3) is 5.76 Å². The maximum absolute atomic E-state index is 14.4. The van der Waals surface area contributed by atoms with Crippen LogP contribution in [0.2, 0.25) is 0 Å². The topological polar surface area (TPSA) is 27.7 Å². The van der Waals surface area contributed by atoms with Gasteiger partial charge < -0.3 is 14.2 Å². The van der Waals surface area contributed by atoms with Gasteiger partial charge >= 0.3 is 0 Å². The summed E-state index contributed by atoms with van der Waals surface area (Å²) >= 11 is 0. The van der Waals surface area contributed by atoms with E-state index in [-0.39, 0.29) is 37.2 Å². The summed E-state index contributed by atoms with van der Waals surface area (Å²) in [4.78, 5) is 0. The number of hydrogen-bond donors (Lipinski definition) is 0. The lowest BCUT2D eigenvalue weighted by Crippen LogP contribution is -2.12. The minimum Gasteiger partial charge on any atom is -0.491 e. The molecule has 2 rings (SSSR count). The first-order chi connectivity index (χ1) is 11.5. The summed E-state index contributed by atoms with van der Waals surface area (Å²) in [6.07, 6.45) is 4.17. The summed E-state index contributed by atoms with van der Waals surface area (Å²) in [6.45, 7) is 6.41. The van der Waals surface area contributed by atoms with E-state index in [1.807, 2.05) is 0 Å². The summed E-state index contributed by atoms with van der Waals surface area (Å²) in [5, 5.41) is 0. The Kier molecular flexibility index (Phi) is 7.18. The standard InChI is InChI=1S/C19H26F2O3/c1-13-4-6-15(7-5-13)16-10-17(20)19(18(21)11-16)14(2)24-9-8-23-12-22-3/h10-11,13,15H,2,4-9,12H2,1,3H3. The Balaban J connectivity index is 2.00. The maximum atomic E-state index is 14.4. The molecule has 3 nitrogen and oxygen atoms in total.